The number of hydrogen-bond acceptors (Lipinski definition) is 4. The highest BCUT2D eigenvalue weighted by Crippen LogP contribution is 2.23. The van der Waals surface area contributed by atoms with Crippen LogP contribution < -0.4 is 9.46 Å². The summed E-state index contributed by atoms with van der Waals surface area (Å²) in [4.78, 5) is 4.06. The Bertz CT molecular complexity index is 700. The second-order valence-corrected chi connectivity index (χ2v) is 6.30. The van der Waals surface area contributed by atoms with Crippen molar-refractivity contribution >= 4 is 15.7 Å². The first-order valence-corrected chi connectivity index (χ1v) is 8.17. The van der Waals surface area contributed by atoms with E-state index in [0.29, 0.717) is 18.0 Å². The predicted molar refractivity (Wildman–Crippen MR) is 82.0 cm³/mol. The van der Waals surface area contributed by atoms with Crippen LogP contribution in [-0.4, -0.2) is 20.0 Å². The molecule has 2 rings (SSSR count). The molecule has 0 saturated carbocycles. The summed E-state index contributed by atoms with van der Waals surface area (Å²) in [6, 6.07) is 8.04. The minimum Gasteiger partial charge on any atom is -0.493 e. The SMILES string of the molecule is CCCOc1ccc(S(=O)(=O)Nc2ccncc2)cc1C. The van der Waals surface area contributed by atoms with Gasteiger partial charge in [0, 0.05) is 12.4 Å². The summed E-state index contributed by atoms with van der Waals surface area (Å²) < 4.78 is 32.7. The van der Waals surface area contributed by atoms with Gasteiger partial charge in [-0.15, -0.1) is 0 Å². The van der Waals surface area contributed by atoms with E-state index in [2.05, 4.69) is 9.71 Å². The molecule has 0 fully saturated rings. The van der Waals surface area contributed by atoms with Crippen LogP contribution in [0.1, 0.15) is 18.9 Å². The fourth-order valence-electron chi connectivity index (χ4n) is 1.80. The van der Waals surface area contributed by atoms with Crippen LogP contribution in [0.3, 0.4) is 0 Å². The summed E-state index contributed by atoms with van der Waals surface area (Å²) in [6.45, 7) is 4.46. The van der Waals surface area contributed by atoms with E-state index in [9.17, 15) is 8.42 Å². The van der Waals surface area contributed by atoms with Crippen molar-refractivity contribution in [1.29, 1.82) is 0 Å². The van der Waals surface area contributed by atoms with Crippen LogP contribution in [0.15, 0.2) is 47.6 Å². The number of ether oxygens (including phenoxy) is 1. The topological polar surface area (TPSA) is 68.3 Å². The molecule has 0 amide bonds. The number of aryl methyl sites for hydroxylation is 1. The monoisotopic (exact) mass is 306 g/mol. The minimum absolute atomic E-state index is 0.209. The Morgan fingerprint density at radius 2 is 1.90 bits per heavy atom. The molecule has 0 spiro atoms. The molecule has 0 bridgehead atoms. The van der Waals surface area contributed by atoms with Gasteiger partial charge in [-0.05, 0) is 49.2 Å². The highest BCUT2D eigenvalue weighted by atomic mass is 32.2. The van der Waals surface area contributed by atoms with Gasteiger partial charge < -0.3 is 4.74 Å². The number of nitrogens with zero attached hydrogens (tertiary/aromatic N) is 1. The second-order valence-electron chi connectivity index (χ2n) is 4.62. The Morgan fingerprint density at radius 1 is 1.19 bits per heavy atom. The lowest BCUT2D eigenvalue weighted by atomic mass is 10.2. The Kier molecular flexibility index (Phi) is 4.80. The molecule has 0 atom stereocenters. The summed E-state index contributed by atoms with van der Waals surface area (Å²) in [5, 5.41) is 0. The molecule has 5 nitrogen and oxygen atoms in total. The van der Waals surface area contributed by atoms with E-state index in [1.54, 1.807) is 30.3 Å². The van der Waals surface area contributed by atoms with Crippen molar-refractivity contribution < 1.29 is 13.2 Å². The van der Waals surface area contributed by atoms with Crippen molar-refractivity contribution in [3.05, 3.63) is 48.3 Å². The van der Waals surface area contributed by atoms with Crippen molar-refractivity contribution in [2.75, 3.05) is 11.3 Å². The Morgan fingerprint density at radius 3 is 2.52 bits per heavy atom. The van der Waals surface area contributed by atoms with Crippen molar-refractivity contribution in [2.45, 2.75) is 25.2 Å². The molecular formula is C15H18N2O3S. The largest absolute Gasteiger partial charge is 0.493 e. The van der Waals surface area contributed by atoms with Crippen LogP contribution in [0.2, 0.25) is 0 Å². The van der Waals surface area contributed by atoms with Gasteiger partial charge >= 0.3 is 0 Å². The van der Waals surface area contributed by atoms with Gasteiger partial charge in [-0.25, -0.2) is 8.42 Å². The molecule has 0 saturated heterocycles. The van der Waals surface area contributed by atoms with Crippen LogP contribution in [-0.2, 0) is 10.0 Å². The Hall–Kier alpha value is -2.08. The zero-order valence-electron chi connectivity index (χ0n) is 12.0. The van der Waals surface area contributed by atoms with Gasteiger partial charge in [-0.1, -0.05) is 6.92 Å². The van der Waals surface area contributed by atoms with Crippen LogP contribution in [0.4, 0.5) is 5.69 Å². The van der Waals surface area contributed by atoms with Gasteiger partial charge in [-0.2, -0.15) is 0 Å². The average molecular weight is 306 g/mol. The maximum Gasteiger partial charge on any atom is 0.261 e. The van der Waals surface area contributed by atoms with E-state index in [-0.39, 0.29) is 4.90 Å². The molecule has 0 aliphatic rings. The first-order chi connectivity index (χ1) is 10.0. The third-order valence-corrected chi connectivity index (χ3v) is 4.23. The quantitative estimate of drug-likeness (QED) is 0.891. The Labute approximate surface area is 125 Å². The van der Waals surface area contributed by atoms with E-state index in [1.807, 2.05) is 13.8 Å². The van der Waals surface area contributed by atoms with Crippen LogP contribution in [0.25, 0.3) is 0 Å². The molecule has 21 heavy (non-hydrogen) atoms. The molecule has 0 aliphatic carbocycles. The zero-order valence-corrected chi connectivity index (χ0v) is 12.9. The smallest absolute Gasteiger partial charge is 0.261 e. The minimum atomic E-state index is -3.61. The lowest BCUT2D eigenvalue weighted by Gasteiger charge is -2.11. The molecule has 1 aromatic heterocycles. The van der Waals surface area contributed by atoms with Gasteiger partial charge in [0.05, 0.1) is 17.2 Å². The summed E-state index contributed by atoms with van der Waals surface area (Å²) in [5.41, 5.74) is 1.27. The van der Waals surface area contributed by atoms with Crippen LogP contribution in [0.5, 0.6) is 5.75 Å². The summed E-state index contributed by atoms with van der Waals surface area (Å²) in [5.74, 6) is 0.708. The molecule has 2 aromatic rings. The number of pyridine rings is 1. The second kappa shape index (κ2) is 6.58. The molecule has 1 aromatic carbocycles. The standard InChI is InChI=1S/C15H18N2O3S/c1-3-10-20-15-5-4-14(11-12(15)2)21(18,19)17-13-6-8-16-9-7-13/h4-9,11H,3,10H2,1-2H3,(H,16,17). The highest BCUT2D eigenvalue weighted by Gasteiger charge is 2.15. The molecule has 1 N–H and O–H groups in total. The number of nitrogens with one attached hydrogen (secondary N) is 1. The lowest BCUT2D eigenvalue weighted by molar-refractivity contribution is 0.315. The molecule has 6 heteroatoms. The number of aromatic nitrogens is 1. The maximum absolute atomic E-state index is 12.3. The van der Waals surface area contributed by atoms with Crippen molar-refractivity contribution in [3.8, 4) is 5.75 Å². The van der Waals surface area contributed by atoms with Crippen molar-refractivity contribution in [1.82, 2.24) is 4.98 Å². The molecule has 0 unspecified atom stereocenters. The predicted octanol–water partition coefficient (Wildman–Crippen LogP) is 2.98. The molecule has 0 radical (unpaired) electrons. The molecule has 112 valence electrons. The third-order valence-electron chi connectivity index (χ3n) is 2.85. The summed E-state index contributed by atoms with van der Waals surface area (Å²) in [7, 11) is -3.61. The van der Waals surface area contributed by atoms with Gasteiger partial charge in [0.15, 0.2) is 0 Å². The summed E-state index contributed by atoms with van der Waals surface area (Å²) >= 11 is 0. The van der Waals surface area contributed by atoms with E-state index >= 15 is 0 Å². The maximum atomic E-state index is 12.3. The van der Waals surface area contributed by atoms with E-state index in [4.69, 9.17) is 4.74 Å². The van der Waals surface area contributed by atoms with E-state index in [0.717, 1.165) is 12.0 Å². The lowest BCUT2D eigenvalue weighted by Crippen LogP contribution is -2.13. The third kappa shape index (κ3) is 3.95. The summed E-state index contributed by atoms with van der Waals surface area (Å²) in [6.07, 6.45) is 3.97. The van der Waals surface area contributed by atoms with Gasteiger partial charge in [0.1, 0.15) is 5.75 Å². The number of hydrogen-bond donors (Lipinski definition) is 1. The normalized spacial score (nSPS) is 11.1. The van der Waals surface area contributed by atoms with E-state index in [1.165, 1.54) is 12.4 Å². The Balaban J connectivity index is 2.22. The zero-order chi connectivity index (χ0) is 15.3. The van der Waals surface area contributed by atoms with Gasteiger partial charge in [0.25, 0.3) is 10.0 Å². The molecule has 1 heterocycles. The van der Waals surface area contributed by atoms with Gasteiger partial charge in [-0.3, -0.25) is 9.71 Å². The van der Waals surface area contributed by atoms with Crippen LogP contribution in [0, 0.1) is 6.92 Å². The average Bonchev–Trinajstić information content (AvgIpc) is 2.46. The fraction of sp³-hybridized carbons (Fsp3) is 0.267. The van der Waals surface area contributed by atoms with Crippen LogP contribution >= 0.6 is 0 Å². The molecular weight excluding hydrogens is 288 g/mol. The number of benzene rings is 1. The van der Waals surface area contributed by atoms with E-state index < -0.39 is 10.0 Å². The van der Waals surface area contributed by atoms with Crippen molar-refractivity contribution in [3.63, 3.8) is 0 Å². The molecule has 0 aliphatic heterocycles. The highest BCUT2D eigenvalue weighted by molar-refractivity contribution is 7.92. The first kappa shape index (κ1) is 15.3. The van der Waals surface area contributed by atoms with Gasteiger partial charge in [0.2, 0.25) is 0 Å². The fourth-order valence-corrected chi connectivity index (χ4v) is 2.94. The first-order valence-electron chi connectivity index (χ1n) is 6.69. The van der Waals surface area contributed by atoms with Crippen molar-refractivity contribution in [2.24, 2.45) is 0 Å². The number of anilines is 1. The number of rotatable bonds is 6. The number of sulfonamides is 1.